The van der Waals surface area contributed by atoms with Crippen LogP contribution in [0.1, 0.15) is 0 Å². The molecule has 0 aliphatic rings. The van der Waals surface area contributed by atoms with Crippen molar-refractivity contribution in [3.63, 3.8) is 0 Å². The minimum absolute atomic E-state index is 0.0764. The number of halogens is 3. The predicted octanol–water partition coefficient (Wildman–Crippen LogP) is 3.95. The molecule has 0 saturated carbocycles. The third-order valence-electron chi connectivity index (χ3n) is 2.19. The van der Waals surface area contributed by atoms with Gasteiger partial charge in [-0.2, -0.15) is 4.98 Å². The number of nitrogens with zero attached hydrogens (tertiary/aromatic N) is 4. The molecule has 0 unspecified atom stereocenters. The Morgan fingerprint density at radius 2 is 1.39 bits per heavy atom. The normalized spacial score (nSPS) is 9.57. The Morgan fingerprint density at radius 1 is 0.913 bits per heavy atom. The third-order valence-corrected chi connectivity index (χ3v) is 2.89. The molecule has 0 N–H and O–H groups in total. The molecule has 9 nitrogen and oxygen atoms in total. The van der Waals surface area contributed by atoms with Crippen LogP contribution in [0.4, 0.5) is 11.4 Å². The number of methoxy groups -OCH3 is 1. The van der Waals surface area contributed by atoms with Gasteiger partial charge in [-0.05, 0) is 12.1 Å². The summed E-state index contributed by atoms with van der Waals surface area (Å²) < 4.78 is 4.65. The molecular weight excluding hydrogens is 375 g/mol. The van der Waals surface area contributed by atoms with Gasteiger partial charge in [0.05, 0.1) is 17.0 Å². The van der Waals surface area contributed by atoms with Gasteiger partial charge in [-0.1, -0.05) is 34.8 Å². The van der Waals surface area contributed by atoms with Gasteiger partial charge in [-0.15, -0.1) is 0 Å². The Bertz CT molecular complexity index is 744. The Hall–Kier alpha value is -2.23. The molecule has 0 aliphatic carbocycles. The summed E-state index contributed by atoms with van der Waals surface area (Å²) in [5, 5.41) is 20.6. The predicted molar refractivity (Wildman–Crippen MR) is 83.4 cm³/mol. The molecule has 0 spiro atoms. The van der Waals surface area contributed by atoms with Crippen LogP contribution in [-0.2, 0) is 0 Å². The summed E-state index contributed by atoms with van der Waals surface area (Å²) in [4.78, 5) is 26.4. The second kappa shape index (κ2) is 8.42. The second-order valence-corrected chi connectivity index (χ2v) is 4.75. The summed E-state index contributed by atoms with van der Waals surface area (Å²) in [6, 6.07) is 5.10. The first kappa shape index (κ1) is 18.8. The quantitative estimate of drug-likeness (QED) is 0.448. The van der Waals surface area contributed by atoms with Crippen LogP contribution in [0.5, 0.6) is 5.88 Å². The molecule has 0 aromatic carbocycles. The Labute approximate surface area is 144 Å². The molecule has 2 heterocycles. The first-order valence-corrected chi connectivity index (χ1v) is 6.71. The summed E-state index contributed by atoms with van der Waals surface area (Å²) >= 11 is 16.3. The summed E-state index contributed by atoms with van der Waals surface area (Å²) in [5.74, 6) is -0.0764. The van der Waals surface area contributed by atoms with Crippen molar-refractivity contribution in [2.24, 2.45) is 0 Å². The average Bonchev–Trinajstić information content (AvgIpc) is 2.46. The topological polar surface area (TPSA) is 121 Å². The zero-order valence-corrected chi connectivity index (χ0v) is 13.5. The zero-order valence-electron chi connectivity index (χ0n) is 11.3. The van der Waals surface area contributed by atoms with Gasteiger partial charge in [0.1, 0.15) is 10.3 Å². The summed E-state index contributed by atoms with van der Waals surface area (Å²) in [6.45, 7) is 0. The fourth-order valence-electron chi connectivity index (χ4n) is 1.24. The molecule has 0 fully saturated rings. The number of pyridine rings is 2. The van der Waals surface area contributed by atoms with E-state index in [1.807, 2.05) is 0 Å². The SMILES string of the molecule is COc1nc(Cl)ccc1[N+](=O)[O-].O=[N+]([O-])c1ccc(Cl)nc1Cl. The molecule has 2 aromatic heterocycles. The number of hydrogen-bond acceptors (Lipinski definition) is 7. The maximum Gasteiger partial charge on any atom is 0.331 e. The van der Waals surface area contributed by atoms with Gasteiger partial charge in [0.15, 0.2) is 0 Å². The molecule has 2 rings (SSSR count). The van der Waals surface area contributed by atoms with E-state index in [1.54, 1.807) is 0 Å². The summed E-state index contributed by atoms with van der Waals surface area (Å²) in [5.41, 5.74) is -0.432. The molecule has 0 aliphatic heterocycles. The van der Waals surface area contributed by atoms with E-state index < -0.39 is 9.85 Å². The van der Waals surface area contributed by atoms with Crippen molar-refractivity contribution in [2.45, 2.75) is 0 Å². The first-order chi connectivity index (χ1) is 10.8. The van der Waals surface area contributed by atoms with Crippen LogP contribution in [-0.4, -0.2) is 26.9 Å². The zero-order chi connectivity index (χ0) is 17.6. The Kier molecular flexibility index (Phi) is 6.89. The highest BCUT2D eigenvalue weighted by molar-refractivity contribution is 6.33. The van der Waals surface area contributed by atoms with Crippen molar-refractivity contribution in [1.82, 2.24) is 9.97 Å². The fourth-order valence-corrected chi connectivity index (χ4v) is 1.79. The first-order valence-electron chi connectivity index (χ1n) is 5.57. The van der Waals surface area contributed by atoms with E-state index in [0.717, 1.165) is 0 Å². The molecule has 23 heavy (non-hydrogen) atoms. The van der Waals surface area contributed by atoms with Crippen LogP contribution in [0, 0.1) is 20.2 Å². The molecule has 122 valence electrons. The highest BCUT2D eigenvalue weighted by Crippen LogP contribution is 2.25. The van der Waals surface area contributed by atoms with E-state index in [9.17, 15) is 20.2 Å². The highest BCUT2D eigenvalue weighted by Gasteiger charge is 2.15. The molecule has 0 atom stereocenters. The van der Waals surface area contributed by atoms with Gasteiger partial charge in [0.25, 0.3) is 5.88 Å². The minimum Gasteiger partial charge on any atom is -0.476 e. The molecule has 0 amide bonds. The van der Waals surface area contributed by atoms with Gasteiger partial charge in [-0.25, -0.2) is 4.98 Å². The van der Waals surface area contributed by atoms with E-state index in [2.05, 4.69) is 14.7 Å². The van der Waals surface area contributed by atoms with E-state index in [4.69, 9.17) is 34.8 Å². The van der Waals surface area contributed by atoms with Crippen molar-refractivity contribution in [3.8, 4) is 5.88 Å². The van der Waals surface area contributed by atoms with Gasteiger partial charge in [0, 0.05) is 12.1 Å². The lowest BCUT2D eigenvalue weighted by atomic mass is 10.4. The maximum atomic E-state index is 10.3. The van der Waals surface area contributed by atoms with Crippen LogP contribution in [0.25, 0.3) is 0 Å². The molecule has 0 bridgehead atoms. The Balaban J connectivity index is 0.000000231. The largest absolute Gasteiger partial charge is 0.476 e. The third kappa shape index (κ3) is 5.47. The van der Waals surface area contributed by atoms with Crippen LogP contribution >= 0.6 is 34.8 Å². The molecule has 0 radical (unpaired) electrons. The number of rotatable bonds is 3. The van der Waals surface area contributed by atoms with Crippen molar-refractivity contribution >= 4 is 46.2 Å². The van der Waals surface area contributed by atoms with Crippen molar-refractivity contribution in [1.29, 1.82) is 0 Å². The average molecular weight is 382 g/mol. The van der Waals surface area contributed by atoms with E-state index >= 15 is 0 Å². The molecule has 2 aromatic rings. The van der Waals surface area contributed by atoms with Gasteiger partial charge < -0.3 is 4.74 Å². The fraction of sp³-hybridized carbons (Fsp3) is 0.0909. The van der Waals surface area contributed by atoms with Crippen molar-refractivity contribution in [2.75, 3.05) is 7.11 Å². The number of aromatic nitrogens is 2. The number of ether oxygens (including phenoxy) is 1. The monoisotopic (exact) mass is 380 g/mol. The lowest BCUT2D eigenvalue weighted by Crippen LogP contribution is -1.95. The van der Waals surface area contributed by atoms with Crippen molar-refractivity contribution in [3.05, 3.63) is 60.0 Å². The summed E-state index contributed by atoms with van der Waals surface area (Å²) in [7, 11) is 1.30. The molecule has 0 saturated heterocycles. The van der Waals surface area contributed by atoms with Gasteiger partial charge in [-0.3, -0.25) is 20.2 Å². The Morgan fingerprint density at radius 3 is 1.83 bits per heavy atom. The van der Waals surface area contributed by atoms with Crippen LogP contribution in [0.3, 0.4) is 0 Å². The van der Waals surface area contributed by atoms with Crippen LogP contribution in [0.2, 0.25) is 15.5 Å². The lowest BCUT2D eigenvalue weighted by molar-refractivity contribution is -0.386. The number of hydrogen-bond donors (Lipinski definition) is 0. The minimum atomic E-state index is -0.619. The van der Waals surface area contributed by atoms with Gasteiger partial charge >= 0.3 is 11.4 Å². The highest BCUT2D eigenvalue weighted by atomic mass is 35.5. The molecule has 12 heteroatoms. The van der Waals surface area contributed by atoms with E-state index in [0.29, 0.717) is 0 Å². The van der Waals surface area contributed by atoms with Crippen LogP contribution in [0.15, 0.2) is 24.3 Å². The van der Waals surface area contributed by atoms with Crippen molar-refractivity contribution < 1.29 is 14.6 Å². The second-order valence-electron chi connectivity index (χ2n) is 3.62. The van der Waals surface area contributed by atoms with Crippen LogP contribution < -0.4 is 4.74 Å². The number of nitro groups is 2. The smallest absolute Gasteiger partial charge is 0.331 e. The van der Waals surface area contributed by atoms with E-state index in [1.165, 1.54) is 31.4 Å². The van der Waals surface area contributed by atoms with E-state index in [-0.39, 0.29) is 32.7 Å². The summed E-state index contributed by atoms with van der Waals surface area (Å²) in [6.07, 6.45) is 0. The standard InChI is InChI=1S/C6H5ClN2O3.C5H2Cl2N2O2/c1-12-6-4(9(10)11)2-3-5(7)8-6;6-4-2-1-3(9(10)11)5(7)8-4/h2-3H,1H3;1-2H. The van der Waals surface area contributed by atoms with Gasteiger partial charge in [0.2, 0.25) is 5.15 Å². The lowest BCUT2D eigenvalue weighted by Gasteiger charge is -1.98. The maximum absolute atomic E-state index is 10.3. The molecular formula is C11H7Cl3N4O5.